The molecule has 1 atom stereocenters. The summed E-state index contributed by atoms with van der Waals surface area (Å²) in [6.07, 6.45) is 3.47. The summed E-state index contributed by atoms with van der Waals surface area (Å²) >= 11 is 0. The number of benzene rings is 2. The molecular weight excluding hydrogens is 481 g/mol. The van der Waals surface area contributed by atoms with Crippen molar-refractivity contribution in [1.82, 2.24) is 10.3 Å². The quantitative estimate of drug-likeness (QED) is 0.440. The average Bonchev–Trinajstić information content (AvgIpc) is 2.91. The summed E-state index contributed by atoms with van der Waals surface area (Å²) in [7, 11) is 4.38. The van der Waals surface area contributed by atoms with Crippen molar-refractivity contribution in [2.75, 3.05) is 26.2 Å². The fraction of sp³-hybridized carbons (Fsp3) is 0.259. The fourth-order valence-corrected chi connectivity index (χ4v) is 4.49. The van der Waals surface area contributed by atoms with E-state index in [1.807, 2.05) is 0 Å². The highest BCUT2D eigenvalue weighted by Crippen LogP contribution is 2.42. The predicted molar refractivity (Wildman–Crippen MR) is 132 cm³/mol. The van der Waals surface area contributed by atoms with E-state index in [1.165, 1.54) is 39.5 Å². The van der Waals surface area contributed by atoms with Gasteiger partial charge in [0.2, 0.25) is 11.7 Å². The van der Waals surface area contributed by atoms with Crippen LogP contribution in [0.3, 0.4) is 0 Å². The molecule has 1 aromatic heterocycles. The van der Waals surface area contributed by atoms with Crippen LogP contribution in [-0.2, 0) is 22.4 Å². The molecule has 0 aliphatic carbocycles. The van der Waals surface area contributed by atoms with Crippen molar-refractivity contribution >= 4 is 23.5 Å². The van der Waals surface area contributed by atoms with Crippen LogP contribution < -0.4 is 24.4 Å². The molecule has 2 heterocycles. The van der Waals surface area contributed by atoms with Crippen molar-refractivity contribution in [2.24, 2.45) is 5.41 Å². The number of carbonyl (C=O) groups excluding carboxylic acids is 3. The van der Waals surface area contributed by atoms with E-state index in [0.29, 0.717) is 34.1 Å². The molecule has 0 unspecified atom stereocenters. The van der Waals surface area contributed by atoms with E-state index in [9.17, 15) is 18.8 Å². The largest absolute Gasteiger partial charge is 0.493 e. The highest BCUT2D eigenvalue weighted by Gasteiger charge is 2.54. The molecule has 1 aliphatic rings. The Kier molecular flexibility index (Phi) is 7.37. The number of anilines is 1. The number of ether oxygens (including phenoxy) is 3. The zero-order valence-electron chi connectivity index (χ0n) is 20.6. The minimum absolute atomic E-state index is 0.0383. The van der Waals surface area contributed by atoms with Crippen molar-refractivity contribution in [3.63, 3.8) is 0 Å². The minimum Gasteiger partial charge on any atom is -0.493 e. The van der Waals surface area contributed by atoms with Gasteiger partial charge in [0.1, 0.15) is 11.2 Å². The highest BCUT2D eigenvalue weighted by molar-refractivity contribution is 6.30. The number of urea groups is 1. The number of hydrogen-bond donors (Lipinski definition) is 1. The van der Waals surface area contributed by atoms with Crippen molar-refractivity contribution in [3.05, 3.63) is 77.9 Å². The van der Waals surface area contributed by atoms with E-state index < -0.39 is 29.1 Å². The molecule has 1 saturated heterocycles. The molecule has 9 nitrogen and oxygen atoms in total. The van der Waals surface area contributed by atoms with Gasteiger partial charge in [-0.1, -0.05) is 12.1 Å². The number of aryl methyl sites for hydroxylation is 1. The van der Waals surface area contributed by atoms with E-state index in [0.717, 1.165) is 11.6 Å². The van der Waals surface area contributed by atoms with Gasteiger partial charge in [0, 0.05) is 12.4 Å². The Morgan fingerprint density at radius 3 is 2.16 bits per heavy atom. The molecule has 3 aromatic rings. The number of nitrogens with zero attached hydrogens (tertiary/aromatic N) is 2. The molecule has 4 amide bonds. The molecule has 0 spiro atoms. The molecule has 4 rings (SSSR count). The molecule has 2 aromatic carbocycles. The summed E-state index contributed by atoms with van der Waals surface area (Å²) in [6.45, 7) is 0. The first-order valence-electron chi connectivity index (χ1n) is 11.5. The number of amides is 4. The van der Waals surface area contributed by atoms with Gasteiger partial charge in [-0.3, -0.25) is 19.9 Å². The number of aromatic nitrogens is 1. The molecular formula is C27H26FN3O6. The number of imide groups is 2. The molecule has 0 bridgehead atoms. The van der Waals surface area contributed by atoms with Crippen molar-refractivity contribution in [1.29, 1.82) is 0 Å². The molecule has 1 fully saturated rings. The van der Waals surface area contributed by atoms with Crippen molar-refractivity contribution < 1.29 is 33.0 Å². The van der Waals surface area contributed by atoms with E-state index in [2.05, 4.69) is 10.3 Å². The summed E-state index contributed by atoms with van der Waals surface area (Å²) < 4.78 is 31.0. The number of nitrogens with one attached hydrogen (secondary N) is 1. The molecule has 0 saturated carbocycles. The van der Waals surface area contributed by atoms with Crippen LogP contribution in [0, 0.1) is 11.2 Å². The molecule has 10 heteroatoms. The third-order valence-corrected chi connectivity index (χ3v) is 6.38. The lowest BCUT2D eigenvalue weighted by molar-refractivity contribution is -0.143. The topological polar surface area (TPSA) is 107 Å². The second-order valence-electron chi connectivity index (χ2n) is 8.50. The fourth-order valence-electron chi connectivity index (χ4n) is 4.49. The Labute approximate surface area is 213 Å². The van der Waals surface area contributed by atoms with Crippen LogP contribution in [0.4, 0.5) is 14.9 Å². The number of hydrogen-bond acceptors (Lipinski definition) is 7. The zero-order chi connectivity index (χ0) is 26.6. The van der Waals surface area contributed by atoms with Crippen LogP contribution in [0.25, 0.3) is 0 Å². The van der Waals surface area contributed by atoms with Gasteiger partial charge in [-0.2, -0.15) is 0 Å². The zero-order valence-corrected chi connectivity index (χ0v) is 20.6. The molecule has 192 valence electrons. The van der Waals surface area contributed by atoms with Crippen LogP contribution in [0.1, 0.15) is 17.5 Å². The van der Waals surface area contributed by atoms with E-state index in [4.69, 9.17) is 14.2 Å². The first-order chi connectivity index (χ1) is 17.8. The van der Waals surface area contributed by atoms with Crippen LogP contribution >= 0.6 is 0 Å². The predicted octanol–water partition coefficient (Wildman–Crippen LogP) is 3.69. The lowest BCUT2D eigenvalue weighted by Crippen LogP contribution is -2.65. The normalized spacial score (nSPS) is 17.4. The van der Waals surface area contributed by atoms with Gasteiger partial charge in [-0.05, 0) is 66.8 Å². The number of methoxy groups -OCH3 is 3. The third kappa shape index (κ3) is 4.82. The minimum atomic E-state index is -1.75. The van der Waals surface area contributed by atoms with Crippen molar-refractivity contribution in [2.45, 2.75) is 19.3 Å². The second kappa shape index (κ2) is 10.7. The number of halogens is 1. The van der Waals surface area contributed by atoms with Gasteiger partial charge in [0.25, 0.3) is 5.91 Å². The van der Waals surface area contributed by atoms with Gasteiger partial charge in [0.15, 0.2) is 11.5 Å². The maximum atomic E-state index is 14.7. The molecule has 1 aliphatic heterocycles. The second-order valence-corrected chi connectivity index (χ2v) is 8.50. The van der Waals surface area contributed by atoms with E-state index in [-0.39, 0.29) is 18.5 Å². The monoisotopic (exact) mass is 507 g/mol. The Bertz CT molecular complexity index is 1310. The van der Waals surface area contributed by atoms with Gasteiger partial charge >= 0.3 is 6.03 Å². The highest BCUT2D eigenvalue weighted by atomic mass is 19.1. The average molecular weight is 508 g/mol. The number of barbiturate groups is 1. The Morgan fingerprint density at radius 1 is 0.919 bits per heavy atom. The maximum Gasteiger partial charge on any atom is 0.335 e. The summed E-state index contributed by atoms with van der Waals surface area (Å²) in [6, 6.07) is 11.2. The SMILES string of the molecule is COc1cc(C[C@@]2(CCc3ccncc3)C(=O)NC(=O)N(c3ccccc3F)C2=O)cc(OC)c1OC. The first-order valence-corrected chi connectivity index (χ1v) is 11.5. The summed E-state index contributed by atoms with van der Waals surface area (Å²) in [5, 5.41) is 2.27. The lowest BCUT2D eigenvalue weighted by atomic mass is 9.73. The smallest absolute Gasteiger partial charge is 0.335 e. The van der Waals surface area contributed by atoms with Crippen molar-refractivity contribution in [3.8, 4) is 17.2 Å². The molecule has 0 radical (unpaired) electrons. The Morgan fingerprint density at radius 2 is 1.57 bits per heavy atom. The van der Waals surface area contributed by atoms with Gasteiger partial charge in [-0.25, -0.2) is 14.1 Å². The standard InChI is InChI=1S/C27H26FN3O6/c1-35-21-14-18(15-22(36-2)23(21)37-3)16-27(11-8-17-9-12-29-13-10-17)24(32)30-26(34)31(25(27)33)20-7-5-4-6-19(20)28/h4-7,9-10,12-15H,8,11,16H2,1-3H3,(H,30,32,34)/t27-/m0/s1. The first kappa shape index (κ1) is 25.6. The third-order valence-electron chi connectivity index (χ3n) is 6.38. The maximum absolute atomic E-state index is 14.7. The number of rotatable bonds is 9. The van der Waals surface area contributed by atoms with Crippen LogP contribution in [0.5, 0.6) is 17.2 Å². The number of pyridine rings is 1. The van der Waals surface area contributed by atoms with Crippen LogP contribution in [0.15, 0.2) is 60.9 Å². The van der Waals surface area contributed by atoms with Gasteiger partial charge in [-0.15, -0.1) is 0 Å². The van der Waals surface area contributed by atoms with E-state index in [1.54, 1.807) is 36.7 Å². The Balaban J connectivity index is 1.83. The summed E-state index contributed by atoms with van der Waals surface area (Å²) in [5.74, 6) is -1.33. The van der Waals surface area contributed by atoms with Gasteiger partial charge < -0.3 is 14.2 Å². The number of para-hydroxylation sites is 1. The van der Waals surface area contributed by atoms with Crippen LogP contribution in [0.2, 0.25) is 0 Å². The lowest BCUT2D eigenvalue weighted by Gasteiger charge is -2.39. The van der Waals surface area contributed by atoms with Crippen LogP contribution in [-0.4, -0.2) is 44.2 Å². The molecule has 1 N–H and O–H groups in total. The summed E-state index contributed by atoms with van der Waals surface area (Å²) in [5.41, 5.74) is -0.621. The summed E-state index contributed by atoms with van der Waals surface area (Å²) in [4.78, 5) is 45.0. The number of carbonyl (C=O) groups is 3. The van der Waals surface area contributed by atoms with E-state index >= 15 is 0 Å². The van der Waals surface area contributed by atoms with Gasteiger partial charge in [0.05, 0.1) is 27.0 Å². The molecule has 37 heavy (non-hydrogen) atoms. The Hall–Kier alpha value is -4.47.